The fourth-order valence-electron chi connectivity index (χ4n) is 0.692. The first-order valence-electron chi connectivity index (χ1n) is 3.02. The Morgan fingerprint density at radius 2 is 2.00 bits per heavy atom. The lowest BCUT2D eigenvalue weighted by atomic mass is 10.3. The molecule has 0 aliphatic carbocycles. The van der Waals surface area contributed by atoms with Crippen LogP contribution in [-0.2, 0) is 12.6 Å². The smallest absolute Gasteiger partial charge is 0.0612 e. The molecule has 0 radical (unpaired) electrons. The van der Waals surface area contributed by atoms with E-state index in [9.17, 15) is 0 Å². The van der Waals surface area contributed by atoms with Gasteiger partial charge in [-0.05, 0) is 18.2 Å². The van der Waals surface area contributed by atoms with Gasteiger partial charge < -0.3 is 30.2 Å². The quantitative estimate of drug-likeness (QED) is 0.594. The van der Waals surface area contributed by atoms with Gasteiger partial charge >= 0.3 is 0 Å². The van der Waals surface area contributed by atoms with Crippen LogP contribution < -0.4 is 5.32 Å². The fourth-order valence-corrected chi connectivity index (χ4v) is 1.23. The number of hydrogen-bond donors (Lipinski definition) is 1. The van der Waals surface area contributed by atoms with Crippen LogP contribution >= 0.6 is 35.4 Å². The molecule has 0 bridgehead atoms. The van der Waals surface area contributed by atoms with Gasteiger partial charge in [-0.2, -0.15) is 0 Å². The number of benzene rings is 1. The van der Waals surface area contributed by atoms with Gasteiger partial charge in [0.25, 0.3) is 0 Å². The first kappa shape index (κ1) is 9.99. The van der Waals surface area contributed by atoms with Crippen LogP contribution in [-0.4, -0.2) is 4.32 Å². The van der Waals surface area contributed by atoms with E-state index in [0.717, 1.165) is 5.69 Å². The van der Waals surface area contributed by atoms with Gasteiger partial charge in [-0.3, -0.25) is 0 Å². The van der Waals surface area contributed by atoms with Crippen LogP contribution in [0.3, 0.4) is 0 Å². The fraction of sp³-hybridized carbons (Fsp3) is 0. The molecular weight excluding hydrogens is 233 g/mol. The van der Waals surface area contributed by atoms with Crippen molar-refractivity contribution >= 4 is 58.1 Å². The Morgan fingerprint density at radius 1 is 1.33 bits per heavy atom. The number of rotatable bonds is 1. The van der Waals surface area contributed by atoms with E-state index < -0.39 is 0 Å². The van der Waals surface area contributed by atoms with E-state index in [4.69, 9.17) is 23.2 Å². The third kappa shape index (κ3) is 2.75. The summed E-state index contributed by atoms with van der Waals surface area (Å²) in [5.74, 6) is 0. The highest BCUT2D eigenvalue weighted by Crippen LogP contribution is 2.24. The molecule has 0 aliphatic rings. The highest BCUT2D eigenvalue weighted by atomic mass is 35.5. The van der Waals surface area contributed by atoms with Gasteiger partial charge in [0.05, 0.1) is 10.0 Å². The molecule has 0 aromatic heterocycles. The molecule has 1 rings (SSSR count). The lowest BCUT2D eigenvalue weighted by Gasteiger charge is -2.09. The summed E-state index contributed by atoms with van der Waals surface area (Å²) < 4.78 is 0.286. The number of thiocarbonyl (C=S) groups is 1. The van der Waals surface area contributed by atoms with Crippen LogP contribution in [0.2, 0.25) is 10.0 Å². The molecule has 0 aliphatic heterocycles. The Balaban J connectivity index is 2.89. The SMILES string of the molecule is S=C([S-])Nc1ccc(Cl)c(Cl)c1. The summed E-state index contributed by atoms with van der Waals surface area (Å²) in [4.78, 5) is 0. The van der Waals surface area contributed by atoms with Crippen LogP contribution in [0.25, 0.3) is 0 Å². The summed E-state index contributed by atoms with van der Waals surface area (Å²) in [6, 6.07) is 5.11. The van der Waals surface area contributed by atoms with E-state index in [1.807, 2.05) is 0 Å². The van der Waals surface area contributed by atoms with Gasteiger partial charge in [0, 0.05) is 5.69 Å². The van der Waals surface area contributed by atoms with E-state index in [0.29, 0.717) is 10.0 Å². The summed E-state index contributed by atoms with van der Waals surface area (Å²) in [6.45, 7) is 0. The molecule has 0 amide bonds. The average Bonchev–Trinajstić information content (AvgIpc) is 1.96. The molecule has 0 atom stereocenters. The van der Waals surface area contributed by atoms with Gasteiger partial charge in [0.2, 0.25) is 0 Å². The number of halogens is 2. The average molecular weight is 237 g/mol. The number of nitrogens with one attached hydrogen (secondary N) is 1. The van der Waals surface area contributed by atoms with Crippen molar-refractivity contribution in [2.24, 2.45) is 0 Å². The van der Waals surface area contributed by atoms with E-state index in [1.165, 1.54) is 0 Å². The summed E-state index contributed by atoms with van der Waals surface area (Å²) in [5.41, 5.74) is 0.754. The lowest BCUT2D eigenvalue weighted by molar-refractivity contribution is 1.66. The van der Waals surface area contributed by atoms with Crippen molar-refractivity contribution in [3.8, 4) is 0 Å². The third-order valence-electron chi connectivity index (χ3n) is 1.17. The normalized spacial score (nSPS) is 9.50. The molecule has 1 aromatic carbocycles. The molecule has 0 heterocycles. The largest absolute Gasteiger partial charge is 0.411 e. The highest BCUT2D eigenvalue weighted by molar-refractivity contribution is 8.00. The van der Waals surface area contributed by atoms with Crippen LogP contribution in [0.1, 0.15) is 0 Å². The Morgan fingerprint density at radius 3 is 2.50 bits per heavy atom. The molecular formula is C7H4Cl2NS2-. The number of anilines is 1. The van der Waals surface area contributed by atoms with Gasteiger partial charge in [-0.1, -0.05) is 27.5 Å². The second-order valence-corrected chi connectivity index (χ2v) is 3.93. The Bertz CT molecular complexity index is 314. The minimum Gasteiger partial charge on any atom is -0.411 e. The maximum absolute atomic E-state index is 5.75. The molecule has 0 saturated carbocycles. The molecule has 12 heavy (non-hydrogen) atoms. The van der Waals surface area contributed by atoms with Crippen molar-refractivity contribution in [3.63, 3.8) is 0 Å². The predicted octanol–water partition coefficient (Wildman–Crippen LogP) is 3.24. The topological polar surface area (TPSA) is 12.0 Å². The van der Waals surface area contributed by atoms with Gasteiger partial charge in [0.15, 0.2) is 0 Å². The molecule has 5 heteroatoms. The highest BCUT2D eigenvalue weighted by Gasteiger charge is 1.97. The van der Waals surface area contributed by atoms with E-state index in [-0.39, 0.29) is 4.32 Å². The van der Waals surface area contributed by atoms with Crippen molar-refractivity contribution in [2.75, 3.05) is 5.32 Å². The monoisotopic (exact) mass is 236 g/mol. The van der Waals surface area contributed by atoms with Crippen LogP contribution in [0.15, 0.2) is 18.2 Å². The van der Waals surface area contributed by atoms with Crippen molar-refractivity contribution < 1.29 is 0 Å². The Hall–Kier alpha value is -0.0900. The van der Waals surface area contributed by atoms with Gasteiger partial charge in [-0.25, -0.2) is 0 Å². The first-order valence-corrected chi connectivity index (χ1v) is 4.60. The standard InChI is InChI=1S/C7H5Cl2NS2/c8-5-2-1-4(3-6(5)9)10-7(11)12/h1-3H,(H2,10,11,12)/p-1. The molecule has 1 nitrogen and oxygen atoms in total. The summed E-state index contributed by atoms with van der Waals surface area (Å²) in [6.07, 6.45) is 0. The first-order chi connectivity index (χ1) is 5.59. The van der Waals surface area contributed by atoms with Crippen LogP contribution in [0.4, 0.5) is 5.69 Å². The zero-order valence-corrected chi connectivity index (χ0v) is 8.95. The molecule has 0 fully saturated rings. The van der Waals surface area contributed by atoms with Gasteiger partial charge in [-0.15, -0.1) is 0 Å². The Labute approximate surface area is 91.5 Å². The van der Waals surface area contributed by atoms with Crippen LogP contribution in [0, 0.1) is 0 Å². The second-order valence-electron chi connectivity index (χ2n) is 2.04. The second kappa shape index (κ2) is 4.23. The zero-order chi connectivity index (χ0) is 9.14. The molecule has 0 saturated heterocycles. The predicted molar refractivity (Wildman–Crippen MR) is 60.0 cm³/mol. The maximum Gasteiger partial charge on any atom is 0.0612 e. The molecule has 0 spiro atoms. The maximum atomic E-state index is 5.75. The van der Waals surface area contributed by atoms with Gasteiger partial charge in [0.1, 0.15) is 0 Å². The molecule has 64 valence electrons. The van der Waals surface area contributed by atoms with Crippen molar-refractivity contribution in [1.29, 1.82) is 0 Å². The van der Waals surface area contributed by atoms with Crippen molar-refractivity contribution in [1.82, 2.24) is 0 Å². The minimum atomic E-state index is 0.286. The molecule has 0 unspecified atom stereocenters. The van der Waals surface area contributed by atoms with Crippen molar-refractivity contribution in [3.05, 3.63) is 28.2 Å². The molecule has 1 aromatic rings. The lowest BCUT2D eigenvalue weighted by Crippen LogP contribution is -2.03. The number of hydrogen-bond acceptors (Lipinski definition) is 2. The van der Waals surface area contributed by atoms with E-state index in [2.05, 4.69) is 30.2 Å². The summed E-state index contributed by atoms with van der Waals surface area (Å²) in [7, 11) is 0. The van der Waals surface area contributed by atoms with Crippen molar-refractivity contribution in [2.45, 2.75) is 0 Å². The minimum absolute atomic E-state index is 0.286. The molecule has 1 N–H and O–H groups in total. The third-order valence-corrected chi connectivity index (χ3v) is 2.11. The summed E-state index contributed by atoms with van der Waals surface area (Å²) in [5, 5.41) is 3.77. The van der Waals surface area contributed by atoms with E-state index >= 15 is 0 Å². The summed E-state index contributed by atoms with van der Waals surface area (Å²) >= 11 is 20.8. The van der Waals surface area contributed by atoms with Crippen LogP contribution in [0.5, 0.6) is 0 Å². The Kier molecular flexibility index (Phi) is 3.53. The zero-order valence-electron chi connectivity index (χ0n) is 5.80. The van der Waals surface area contributed by atoms with E-state index in [1.54, 1.807) is 18.2 Å².